The molecule has 0 aliphatic rings. The van der Waals surface area contributed by atoms with Crippen molar-refractivity contribution < 1.29 is 14.6 Å². The molecule has 28 heavy (non-hydrogen) atoms. The molecule has 0 fully saturated rings. The summed E-state index contributed by atoms with van der Waals surface area (Å²) in [6.07, 6.45) is 0.162. The van der Waals surface area contributed by atoms with Crippen molar-refractivity contribution in [3.05, 3.63) is 60.2 Å². The van der Waals surface area contributed by atoms with Crippen LogP contribution in [0.4, 0.5) is 0 Å². The highest BCUT2D eigenvalue weighted by molar-refractivity contribution is 14.0. The van der Waals surface area contributed by atoms with Crippen molar-refractivity contribution in [1.82, 2.24) is 10.6 Å². The van der Waals surface area contributed by atoms with E-state index in [1.165, 1.54) is 0 Å². The Labute approximate surface area is 184 Å². The van der Waals surface area contributed by atoms with E-state index in [2.05, 4.69) is 15.6 Å². The van der Waals surface area contributed by atoms with Gasteiger partial charge in [0.2, 0.25) is 0 Å². The van der Waals surface area contributed by atoms with Gasteiger partial charge in [-0.3, -0.25) is 4.99 Å². The van der Waals surface area contributed by atoms with Gasteiger partial charge in [-0.1, -0.05) is 30.3 Å². The fourth-order valence-corrected chi connectivity index (χ4v) is 2.46. The molecule has 0 spiro atoms. The van der Waals surface area contributed by atoms with Gasteiger partial charge in [-0.2, -0.15) is 0 Å². The summed E-state index contributed by atoms with van der Waals surface area (Å²) in [7, 11) is 1.61. The first-order chi connectivity index (χ1) is 13.2. The van der Waals surface area contributed by atoms with Crippen LogP contribution < -0.4 is 20.1 Å². The minimum Gasteiger partial charge on any atom is -0.497 e. The van der Waals surface area contributed by atoms with E-state index >= 15 is 0 Å². The summed E-state index contributed by atoms with van der Waals surface area (Å²) in [5.74, 6) is 2.28. The third-order valence-corrected chi connectivity index (χ3v) is 3.87. The molecule has 3 N–H and O–H groups in total. The molecule has 7 heteroatoms. The number of hydrogen-bond acceptors (Lipinski definition) is 4. The molecule has 6 nitrogen and oxygen atoms in total. The SMILES string of the molecule is CCNC(=NCC(O)c1cccc(OC)c1)NCCCOc1ccccc1.I. The van der Waals surface area contributed by atoms with Gasteiger partial charge in [0, 0.05) is 13.1 Å². The van der Waals surface area contributed by atoms with Gasteiger partial charge in [-0.15, -0.1) is 24.0 Å². The van der Waals surface area contributed by atoms with Crippen LogP contribution in [0.1, 0.15) is 25.0 Å². The first-order valence-electron chi connectivity index (χ1n) is 9.25. The van der Waals surface area contributed by atoms with E-state index in [9.17, 15) is 5.11 Å². The molecule has 1 atom stereocenters. The van der Waals surface area contributed by atoms with Gasteiger partial charge in [0.25, 0.3) is 0 Å². The van der Waals surface area contributed by atoms with Gasteiger partial charge in [0.05, 0.1) is 26.4 Å². The average Bonchev–Trinajstić information content (AvgIpc) is 2.72. The molecule has 0 saturated carbocycles. The molecule has 2 rings (SSSR count). The van der Waals surface area contributed by atoms with E-state index in [-0.39, 0.29) is 30.5 Å². The maximum absolute atomic E-state index is 10.4. The van der Waals surface area contributed by atoms with Crippen LogP contribution in [0.2, 0.25) is 0 Å². The predicted molar refractivity (Wildman–Crippen MR) is 124 cm³/mol. The first kappa shape index (κ1) is 24.0. The lowest BCUT2D eigenvalue weighted by atomic mass is 10.1. The van der Waals surface area contributed by atoms with Crippen LogP contribution in [0.5, 0.6) is 11.5 Å². The van der Waals surface area contributed by atoms with Gasteiger partial charge in [-0.05, 0) is 43.2 Å². The number of aliphatic hydroxyl groups is 1. The van der Waals surface area contributed by atoms with Crippen molar-refractivity contribution >= 4 is 29.9 Å². The molecular formula is C21H30IN3O3. The molecule has 2 aromatic rings. The third kappa shape index (κ3) is 8.79. The minimum atomic E-state index is -0.683. The first-order valence-corrected chi connectivity index (χ1v) is 9.25. The van der Waals surface area contributed by atoms with Crippen molar-refractivity contribution in [1.29, 1.82) is 0 Å². The summed E-state index contributed by atoms with van der Waals surface area (Å²) in [6, 6.07) is 17.2. The Morgan fingerprint density at radius 3 is 2.54 bits per heavy atom. The van der Waals surface area contributed by atoms with Crippen LogP contribution in [-0.4, -0.2) is 44.4 Å². The molecule has 0 aliphatic heterocycles. The van der Waals surface area contributed by atoms with E-state index in [1.54, 1.807) is 7.11 Å². The fraction of sp³-hybridized carbons (Fsp3) is 0.381. The number of hydrogen-bond donors (Lipinski definition) is 3. The van der Waals surface area contributed by atoms with E-state index in [0.29, 0.717) is 12.6 Å². The normalized spacial score (nSPS) is 11.9. The lowest BCUT2D eigenvalue weighted by molar-refractivity contribution is 0.186. The second-order valence-electron chi connectivity index (χ2n) is 5.95. The summed E-state index contributed by atoms with van der Waals surface area (Å²) in [5, 5.41) is 16.8. The van der Waals surface area contributed by atoms with E-state index in [4.69, 9.17) is 9.47 Å². The number of nitrogens with zero attached hydrogens (tertiary/aromatic N) is 1. The number of aliphatic imine (C=N–C) groups is 1. The largest absolute Gasteiger partial charge is 0.497 e. The Hall–Kier alpha value is -2.00. The minimum absolute atomic E-state index is 0. The summed E-state index contributed by atoms with van der Waals surface area (Å²) in [4.78, 5) is 4.46. The molecule has 2 aromatic carbocycles. The highest BCUT2D eigenvalue weighted by Crippen LogP contribution is 2.19. The smallest absolute Gasteiger partial charge is 0.191 e. The second-order valence-corrected chi connectivity index (χ2v) is 5.95. The molecule has 0 aromatic heterocycles. The van der Waals surface area contributed by atoms with Crippen molar-refractivity contribution in [3.63, 3.8) is 0 Å². The van der Waals surface area contributed by atoms with Crippen LogP contribution in [0.15, 0.2) is 59.6 Å². The van der Waals surface area contributed by atoms with Crippen molar-refractivity contribution in [2.45, 2.75) is 19.4 Å². The number of para-hydroxylation sites is 1. The topological polar surface area (TPSA) is 75.1 Å². The second kappa shape index (κ2) is 14.1. The molecule has 154 valence electrons. The van der Waals surface area contributed by atoms with Gasteiger partial charge < -0.3 is 25.2 Å². The molecule has 0 heterocycles. The maximum atomic E-state index is 10.4. The highest BCUT2D eigenvalue weighted by atomic mass is 127. The summed E-state index contributed by atoms with van der Waals surface area (Å²) < 4.78 is 10.9. The molecule has 0 radical (unpaired) electrons. The summed E-state index contributed by atoms with van der Waals surface area (Å²) in [6.45, 7) is 4.38. The average molecular weight is 499 g/mol. The molecule has 0 bridgehead atoms. The number of ether oxygens (including phenoxy) is 2. The zero-order valence-corrected chi connectivity index (χ0v) is 18.8. The Morgan fingerprint density at radius 2 is 1.82 bits per heavy atom. The molecule has 1 unspecified atom stereocenters. The Balaban J connectivity index is 0.00000392. The fourth-order valence-electron chi connectivity index (χ4n) is 2.46. The zero-order valence-electron chi connectivity index (χ0n) is 16.4. The third-order valence-electron chi connectivity index (χ3n) is 3.87. The number of rotatable bonds is 10. The number of benzene rings is 2. The quantitative estimate of drug-likeness (QED) is 0.202. The van der Waals surface area contributed by atoms with Crippen LogP contribution >= 0.6 is 24.0 Å². The van der Waals surface area contributed by atoms with Crippen LogP contribution in [-0.2, 0) is 0 Å². The monoisotopic (exact) mass is 499 g/mol. The lowest BCUT2D eigenvalue weighted by Gasteiger charge is -2.14. The Bertz CT molecular complexity index is 698. The maximum Gasteiger partial charge on any atom is 0.191 e. The number of aliphatic hydroxyl groups excluding tert-OH is 1. The van der Waals surface area contributed by atoms with E-state index in [0.717, 1.165) is 36.6 Å². The highest BCUT2D eigenvalue weighted by Gasteiger charge is 2.08. The van der Waals surface area contributed by atoms with Gasteiger partial charge in [0.15, 0.2) is 5.96 Å². The van der Waals surface area contributed by atoms with E-state index < -0.39 is 6.10 Å². The molecule has 0 saturated heterocycles. The van der Waals surface area contributed by atoms with Crippen LogP contribution in [0.3, 0.4) is 0 Å². The molecular weight excluding hydrogens is 469 g/mol. The standard InChI is InChI=1S/C21H29N3O3.HI/c1-3-22-21(23-13-8-14-27-18-10-5-4-6-11-18)24-16-20(25)17-9-7-12-19(15-17)26-2;/h4-7,9-12,15,20,25H,3,8,13-14,16H2,1-2H3,(H2,22,23,24);1H. The number of nitrogens with one attached hydrogen (secondary N) is 2. The van der Waals surface area contributed by atoms with Gasteiger partial charge >= 0.3 is 0 Å². The Morgan fingerprint density at radius 1 is 1.07 bits per heavy atom. The molecule has 0 amide bonds. The van der Waals surface area contributed by atoms with Gasteiger partial charge in [0.1, 0.15) is 11.5 Å². The summed E-state index contributed by atoms with van der Waals surface area (Å²) in [5.41, 5.74) is 0.783. The predicted octanol–water partition coefficient (Wildman–Crippen LogP) is 3.37. The lowest BCUT2D eigenvalue weighted by Crippen LogP contribution is -2.38. The summed E-state index contributed by atoms with van der Waals surface area (Å²) >= 11 is 0. The van der Waals surface area contributed by atoms with E-state index in [1.807, 2.05) is 61.5 Å². The zero-order chi connectivity index (χ0) is 19.3. The Kier molecular flexibility index (Phi) is 12.1. The van der Waals surface area contributed by atoms with Crippen LogP contribution in [0, 0.1) is 0 Å². The molecule has 0 aliphatic carbocycles. The number of guanidine groups is 1. The van der Waals surface area contributed by atoms with Crippen molar-refractivity contribution in [3.8, 4) is 11.5 Å². The van der Waals surface area contributed by atoms with Crippen molar-refractivity contribution in [2.75, 3.05) is 33.4 Å². The van der Waals surface area contributed by atoms with Crippen LogP contribution in [0.25, 0.3) is 0 Å². The van der Waals surface area contributed by atoms with Crippen molar-refractivity contribution in [2.24, 2.45) is 4.99 Å². The number of methoxy groups -OCH3 is 1. The van der Waals surface area contributed by atoms with Gasteiger partial charge in [-0.25, -0.2) is 0 Å². The number of halogens is 1.